The van der Waals surface area contributed by atoms with Crippen molar-refractivity contribution >= 4 is 56.5 Å². The maximum Gasteiger partial charge on any atom is 0.293 e. The first-order chi connectivity index (χ1) is 14.7. The number of benzene rings is 2. The van der Waals surface area contributed by atoms with Crippen molar-refractivity contribution in [3.8, 4) is 0 Å². The number of hydrogen-bond acceptors (Lipinski definition) is 6. The Morgan fingerprint density at radius 2 is 1.74 bits per heavy atom. The van der Waals surface area contributed by atoms with Gasteiger partial charge >= 0.3 is 0 Å². The molecule has 8 nitrogen and oxygen atoms in total. The van der Waals surface area contributed by atoms with Gasteiger partial charge in [0.1, 0.15) is 0 Å². The van der Waals surface area contributed by atoms with E-state index in [9.17, 15) is 22.8 Å². The summed E-state index contributed by atoms with van der Waals surface area (Å²) in [6.45, 7) is 0.0717. The molecule has 0 saturated carbocycles. The van der Waals surface area contributed by atoms with Crippen LogP contribution in [0.1, 0.15) is 15.9 Å². The fraction of sp³-hybridized carbons (Fsp3) is 0.150. The minimum atomic E-state index is -3.59. The van der Waals surface area contributed by atoms with E-state index in [4.69, 9.17) is 11.6 Å². The molecule has 1 heterocycles. The third-order valence-corrected chi connectivity index (χ3v) is 6.95. The molecule has 1 aliphatic heterocycles. The number of thioether (sulfide) groups is 1. The lowest BCUT2D eigenvalue weighted by molar-refractivity contribution is -0.122. The van der Waals surface area contributed by atoms with Gasteiger partial charge in [-0.15, -0.1) is 0 Å². The lowest BCUT2D eigenvalue weighted by atomic mass is 10.2. The molecule has 0 aromatic heterocycles. The summed E-state index contributed by atoms with van der Waals surface area (Å²) >= 11 is 6.68. The summed E-state index contributed by atoms with van der Waals surface area (Å²) in [7, 11) is -2.29. The zero-order valence-electron chi connectivity index (χ0n) is 16.3. The van der Waals surface area contributed by atoms with E-state index in [-0.39, 0.29) is 23.5 Å². The second-order valence-electron chi connectivity index (χ2n) is 6.37. The standard InChI is InChI=1S/C20H18ClN3O5S2/c1-22-31(28,29)16-8-4-14(5-9-16)18(25)23-10-11-24-19(26)17(30-20(24)27)12-13-2-6-15(21)7-3-13/h2-9,12,22H,10-11H2,1H3,(H,23,25). The summed E-state index contributed by atoms with van der Waals surface area (Å²) in [6.07, 6.45) is 1.61. The average molecular weight is 480 g/mol. The SMILES string of the molecule is CNS(=O)(=O)c1ccc(C(=O)NCCN2C(=O)SC(=Cc3ccc(Cl)cc3)C2=O)cc1. The second kappa shape index (κ2) is 9.65. The lowest BCUT2D eigenvalue weighted by Crippen LogP contribution is -2.37. The van der Waals surface area contributed by atoms with Crippen LogP contribution in [0.15, 0.2) is 58.3 Å². The van der Waals surface area contributed by atoms with Gasteiger partial charge in [0.2, 0.25) is 10.0 Å². The molecule has 0 bridgehead atoms. The van der Waals surface area contributed by atoms with E-state index < -0.39 is 27.1 Å². The molecule has 1 aliphatic rings. The molecule has 162 valence electrons. The van der Waals surface area contributed by atoms with Crippen LogP contribution >= 0.6 is 23.4 Å². The Morgan fingerprint density at radius 3 is 2.35 bits per heavy atom. The van der Waals surface area contributed by atoms with Crippen LogP contribution in [0, 0.1) is 0 Å². The normalized spacial score (nSPS) is 15.5. The van der Waals surface area contributed by atoms with Crippen molar-refractivity contribution in [3.05, 3.63) is 69.6 Å². The highest BCUT2D eigenvalue weighted by Crippen LogP contribution is 2.32. The molecular weight excluding hydrogens is 462 g/mol. The molecule has 1 saturated heterocycles. The minimum absolute atomic E-state index is 0.0145. The fourth-order valence-corrected chi connectivity index (χ4v) is 4.41. The van der Waals surface area contributed by atoms with Crippen LogP contribution in [-0.4, -0.2) is 50.5 Å². The van der Waals surface area contributed by atoms with Gasteiger partial charge < -0.3 is 5.32 Å². The number of sulfonamides is 1. The predicted octanol–water partition coefficient (Wildman–Crippen LogP) is 2.71. The maximum absolute atomic E-state index is 12.5. The van der Waals surface area contributed by atoms with E-state index in [0.29, 0.717) is 9.93 Å². The number of rotatable bonds is 7. The van der Waals surface area contributed by atoms with Gasteiger partial charge in [0.15, 0.2) is 0 Å². The number of carbonyl (C=O) groups excluding carboxylic acids is 3. The lowest BCUT2D eigenvalue weighted by Gasteiger charge is -2.13. The van der Waals surface area contributed by atoms with E-state index >= 15 is 0 Å². The summed E-state index contributed by atoms with van der Waals surface area (Å²) < 4.78 is 25.6. The number of imide groups is 1. The third-order valence-electron chi connectivity index (χ3n) is 4.36. The summed E-state index contributed by atoms with van der Waals surface area (Å²) in [5.41, 5.74) is 0.999. The molecule has 0 aliphatic carbocycles. The molecule has 0 atom stereocenters. The molecule has 1 fully saturated rings. The molecule has 0 unspecified atom stereocenters. The van der Waals surface area contributed by atoms with Crippen LogP contribution in [0.4, 0.5) is 4.79 Å². The molecule has 3 rings (SSSR count). The van der Waals surface area contributed by atoms with Gasteiger partial charge in [-0.3, -0.25) is 19.3 Å². The highest BCUT2D eigenvalue weighted by atomic mass is 35.5. The Bertz CT molecular complexity index is 1150. The number of halogens is 1. The number of nitrogens with one attached hydrogen (secondary N) is 2. The fourth-order valence-electron chi connectivity index (χ4n) is 2.69. The van der Waals surface area contributed by atoms with Gasteiger partial charge in [-0.25, -0.2) is 13.1 Å². The number of hydrogen-bond donors (Lipinski definition) is 2. The summed E-state index contributed by atoms with van der Waals surface area (Å²) in [5.74, 6) is -0.877. The van der Waals surface area contributed by atoms with Crippen LogP contribution in [0.2, 0.25) is 5.02 Å². The average Bonchev–Trinajstić information content (AvgIpc) is 3.02. The summed E-state index contributed by atoms with van der Waals surface area (Å²) in [4.78, 5) is 38.3. The first-order valence-corrected chi connectivity index (χ1v) is 11.7. The number of amides is 3. The van der Waals surface area contributed by atoms with Crippen LogP contribution < -0.4 is 10.0 Å². The van der Waals surface area contributed by atoms with Gasteiger partial charge in [-0.05, 0) is 66.8 Å². The van der Waals surface area contributed by atoms with Gasteiger partial charge in [-0.2, -0.15) is 0 Å². The van der Waals surface area contributed by atoms with E-state index in [1.54, 1.807) is 30.3 Å². The van der Waals surface area contributed by atoms with Gasteiger partial charge in [0.25, 0.3) is 17.1 Å². The van der Waals surface area contributed by atoms with Gasteiger partial charge in [0.05, 0.1) is 9.80 Å². The van der Waals surface area contributed by atoms with Crippen molar-refractivity contribution in [1.29, 1.82) is 0 Å². The Morgan fingerprint density at radius 1 is 1.10 bits per heavy atom. The topological polar surface area (TPSA) is 113 Å². The molecule has 0 spiro atoms. The molecule has 2 aromatic carbocycles. The molecule has 0 radical (unpaired) electrons. The highest BCUT2D eigenvalue weighted by molar-refractivity contribution is 8.18. The number of carbonyl (C=O) groups is 3. The monoisotopic (exact) mass is 479 g/mol. The Kier molecular flexibility index (Phi) is 7.16. The van der Waals surface area contributed by atoms with Crippen molar-refractivity contribution < 1.29 is 22.8 Å². The Hall–Kier alpha value is -2.66. The van der Waals surface area contributed by atoms with Crippen molar-refractivity contribution in [3.63, 3.8) is 0 Å². The Labute approximate surface area is 188 Å². The zero-order valence-corrected chi connectivity index (χ0v) is 18.7. The van der Waals surface area contributed by atoms with Crippen LogP contribution in [0.3, 0.4) is 0 Å². The van der Waals surface area contributed by atoms with Crippen LogP contribution in [-0.2, 0) is 14.8 Å². The largest absolute Gasteiger partial charge is 0.350 e. The first-order valence-electron chi connectivity index (χ1n) is 9.04. The summed E-state index contributed by atoms with van der Waals surface area (Å²) in [6, 6.07) is 12.3. The molecule has 31 heavy (non-hydrogen) atoms. The molecule has 2 aromatic rings. The van der Waals surface area contributed by atoms with E-state index in [2.05, 4.69) is 10.0 Å². The minimum Gasteiger partial charge on any atom is -0.350 e. The van der Waals surface area contributed by atoms with Crippen molar-refractivity contribution in [2.75, 3.05) is 20.1 Å². The Balaban J connectivity index is 1.57. The van der Waals surface area contributed by atoms with E-state index in [1.807, 2.05) is 0 Å². The smallest absolute Gasteiger partial charge is 0.293 e. The van der Waals surface area contributed by atoms with Crippen LogP contribution in [0.5, 0.6) is 0 Å². The summed E-state index contributed by atoms with van der Waals surface area (Å²) in [5, 5.41) is 2.77. The van der Waals surface area contributed by atoms with Gasteiger partial charge in [0, 0.05) is 23.7 Å². The maximum atomic E-state index is 12.5. The second-order valence-corrected chi connectivity index (χ2v) is 9.69. The molecule has 2 N–H and O–H groups in total. The van der Waals surface area contributed by atoms with E-state index in [0.717, 1.165) is 22.2 Å². The first kappa shape index (κ1) is 23.0. The van der Waals surface area contributed by atoms with Crippen molar-refractivity contribution in [2.24, 2.45) is 0 Å². The van der Waals surface area contributed by atoms with Crippen molar-refractivity contribution in [1.82, 2.24) is 14.9 Å². The van der Waals surface area contributed by atoms with Crippen LogP contribution in [0.25, 0.3) is 6.08 Å². The highest BCUT2D eigenvalue weighted by Gasteiger charge is 2.34. The number of nitrogens with zero attached hydrogens (tertiary/aromatic N) is 1. The predicted molar refractivity (Wildman–Crippen MR) is 119 cm³/mol. The zero-order chi connectivity index (χ0) is 22.6. The molecular formula is C20H18ClN3O5S2. The van der Waals surface area contributed by atoms with E-state index in [1.165, 1.54) is 31.3 Å². The van der Waals surface area contributed by atoms with Gasteiger partial charge in [-0.1, -0.05) is 23.7 Å². The molecule has 3 amide bonds. The molecule has 11 heteroatoms. The quantitative estimate of drug-likeness (QED) is 0.590. The van der Waals surface area contributed by atoms with Crippen molar-refractivity contribution in [2.45, 2.75) is 4.90 Å². The third kappa shape index (κ3) is 5.53.